The third kappa shape index (κ3) is 3.60. The van der Waals surface area contributed by atoms with Crippen molar-refractivity contribution in [1.29, 1.82) is 0 Å². The van der Waals surface area contributed by atoms with E-state index in [0.717, 1.165) is 0 Å². The molecule has 0 fully saturated rings. The predicted octanol–water partition coefficient (Wildman–Crippen LogP) is 2.95. The minimum Gasteiger partial charge on any atom is -0.462 e. The van der Waals surface area contributed by atoms with E-state index in [-0.39, 0.29) is 19.8 Å². The van der Waals surface area contributed by atoms with Gasteiger partial charge in [-0.15, -0.1) is 0 Å². The van der Waals surface area contributed by atoms with E-state index < -0.39 is 17.5 Å². The fourth-order valence-corrected chi connectivity index (χ4v) is 2.93. The highest BCUT2D eigenvalue weighted by atomic mass is 35.7. The highest BCUT2D eigenvalue weighted by Gasteiger charge is 2.56. The Morgan fingerprint density at radius 1 is 1.25 bits per heavy atom. The van der Waals surface area contributed by atoms with Crippen LogP contribution < -0.4 is 0 Å². The first-order valence-electron chi connectivity index (χ1n) is 4.80. The Morgan fingerprint density at radius 3 is 2.19 bits per heavy atom. The van der Waals surface area contributed by atoms with Crippen molar-refractivity contribution in [1.82, 2.24) is 0 Å². The number of carbonyl (C=O) groups excluding carboxylic acids is 1. The normalized spacial score (nSPS) is 18.6. The molecule has 0 bridgehead atoms. The van der Waals surface area contributed by atoms with Crippen LogP contribution in [0.4, 0.5) is 0 Å². The molecular weight excluding hydrogens is 278 g/mol. The maximum Gasteiger partial charge on any atom is 0.366 e. The van der Waals surface area contributed by atoms with Gasteiger partial charge in [0.15, 0.2) is 0 Å². The van der Waals surface area contributed by atoms with Crippen molar-refractivity contribution in [3.63, 3.8) is 0 Å². The van der Waals surface area contributed by atoms with E-state index in [4.69, 9.17) is 32.1 Å². The molecule has 16 heavy (non-hydrogen) atoms. The standard InChI is InChI=1S/C8H15Cl2O5P/c1-4-13-7(11)8(9,14-5-2)16(10,12)15-6-3/h4-6H2,1-3H3. The number of rotatable bonds is 7. The molecule has 0 aliphatic heterocycles. The molecule has 0 amide bonds. The van der Waals surface area contributed by atoms with Gasteiger partial charge in [0.25, 0.3) is 0 Å². The van der Waals surface area contributed by atoms with Gasteiger partial charge in [0.1, 0.15) is 0 Å². The first kappa shape index (κ1) is 16.2. The lowest BCUT2D eigenvalue weighted by atomic mass is 10.7. The van der Waals surface area contributed by atoms with Crippen molar-refractivity contribution in [3.8, 4) is 0 Å². The molecule has 0 saturated heterocycles. The molecule has 2 unspecified atom stereocenters. The van der Waals surface area contributed by atoms with Gasteiger partial charge in [0, 0.05) is 6.61 Å². The lowest BCUT2D eigenvalue weighted by Crippen LogP contribution is -2.36. The molecule has 0 heterocycles. The number of carbonyl (C=O) groups is 1. The number of esters is 1. The monoisotopic (exact) mass is 292 g/mol. The van der Waals surface area contributed by atoms with E-state index >= 15 is 0 Å². The van der Waals surface area contributed by atoms with Crippen LogP contribution in [0.15, 0.2) is 0 Å². The Kier molecular flexibility index (Phi) is 6.90. The number of alkyl halides is 1. The average Bonchev–Trinajstić information content (AvgIpc) is 2.18. The van der Waals surface area contributed by atoms with Crippen molar-refractivity contribution in [2.75, 3.05) is 19.8 Å². The summed E-state index contributed by atoms with van der Waals surface area (Å²) in [6.45, 7) is 0.928. The van der Waals surface area contributed by atoms with Crippen LogP contribution in [-0.2, 0) is 23.4 Å². The number of halogens is 2. The Hall–Kier alpha value is 0.200. The van der Waals surface area contributed by atoms with Gasteiger partial charge < -0.3 is 14.0 Å². The second-order valence-electron chi connectivity index (χ2n) is 2.61. The Balaban J connectivity index is 5.08. The van der Waals surface area contributed by atoms with Crippen LogP contribution >= 0.6 is 29.6 Å². The summed E-state index contributed by atoms with van der Waals surface area (Å²) in [5.41, 5.74) is 0. The van der Waals surface area contributed by atoms with Crippen LogP contribution in [0.2, 0.25) is 0 Å². The molecule has 0 saturated carbocycles. The molecule has 0 rings (SSSR count). The van der Waals surface area contributed by atoms with Crippen LogP contribution in [0.5, 0.6) is 0 Å². The summed E-state index contributed by atoms with van der Waals surface area (Å²) >= 11 is 11.5. The lowest BCUT2D eigenvalue weighted by molar-refractivity contribution is -0.154. The zero-order chi connectivity index (χ0) is 12.8. The Morgan fingerprint density at radius 2 is 1.81 bits per heavy atom. The number of hydrogen-bond donors (Lipinski definition) is 0. The zero-order valence-electron chi connectivity index (χ0n) is 9.37. The summed E-state index contributed by atoms with van der Waals surface area (Å²) in [5, 5.41) is 0. The molecule has 0 N–H and O–H groups in total. The molecule has 0 aromatic heterocycles. The van der Waals surface area contributed by atoms with Gasteiger partial charge in [-0.1, -0.05) is 11.6 Å². The van der Waals surface area contributed by atoms with Crippen LogP contribution in [-0.4, -0.2) is 30.6 Å². The Labute approximate surface area is 105 Å². The molecule has 2 atom stereocenters. The molecule has 0 radical (unpaired) electrons. The van der Waals surface area contributed by atoms with Gasteiger partial charge in [-0.25, -0.2) is 4.79 Å². The van der Waals surface area contributed by atoms with E-state index in [9.17, 15) is 9.36 Å². The predicted molar refractivity (Wildman–Crippen MR) is 61.9 cm³/mol. The first-order chi connectivity index (χ1) is 7.35. The lowest BCUT2D eigenvalue weighted by Gasteiger charge is -2.27. The average molecular weight is 293 g/mol. The van der Waals surface area contributed by atoms with Crippen LogP contribution in [0.3, 0.4) is 0 Å². The maximum absolute atomic E-state index is 11.9. The van der Waals surface area contributed by atoms with E-state index in [1.54, 1.807) is 20.8 Å². The van der Waals surface area contributed by atoms with Crippen molar-refractivity contribution >= 4 is 35.5 Å². The third-order valence-electron chi connectivity index (χ3n) is 1.50. The highest BCUT2D eigenvalue weighted by Crippen LogP contribution is 2.66. The smallest absolute Gasteiger partial charge is 0.366 e. The molecule has 5 nitrogen and oxygen atoms in total. The molecule has 0 aliphatic carbocycles. The van der Waals surface area contributed by atoms with Gasteiger partial charge >= 0.3 is 17.5 Å². The fourth-order valence-electron chi connectivity index (χ4n) is 0.906. The Bertz CT molecular complexity index is 286. The van der Waals surface area contributed by atoms with Gasteiger partial charge in [-0.2, -0.15) is 0 Å². The third-order valence-corrected chi connectivity index (χ3v) is 5.29. The first-order valence-corrected chi connectivity index (χ1v) is 7.70. The second kappa shape index (κ2) is 6.82. The van der Waals surface area contributed by atoms with Crippen molar-refractivity contribution in [2.24, 2.45) is 0 Å². The minimum absolute atomic E-state index is 0.0434. The van der Waals surface area contributed by atoms with Crippen molar-refractivity contribution in [3.05, 3.63) is 0 Å². The fraction of sp³-hybridized carbons (Fsp3) is 0.875. The van der Waals surface area contributed by atoms with Crippen molar-refractivity contribution in [2.45, 2.75) is 25.6 Å². The largest absolute Gasteiger partial charge is 0.462 e. The molecule has 0 aliphatic rings. The van der Waals surface area contributed by atoms with Crippen LogP contribution in [0, 0.1) is 0 Å². The molecule has 8 heteroatoms. The van der Waals surface area contributed by atoms with Crippen LogP contribution in [0.25, 0.3) is 0 Å². The summed E-state index contributed by atoms with van der Waals surface area (Å²) in [6.07, 6.45) is 0. The van der Waals surface area contributed by atoms with Crippen LogP contribution in [0.1, 0.15) is 20.8 Å². The summed E-state index contributed by atoms with van der Waals surface area (Å²) < 4.78 is 26.3. The molecule has 0 spiro atoms. The van der Waals surface area contributed by atoms with Gasteiger partial charge in [0.05, 0.1) is 13.2 Å². The zero-order valence-corrected chi connectivity index (χ0v) is 11.8. The van der Waals surface area contributed by atoms with E-state index in [0.29, 0.717) is 0 Å². The van der Waals surface area contributed by atoms with E-state index in [1.807, 2.05) is 0 Å². The van der Waals surface area contributed by atoms with E-state index in [2.05, 4.69) is 4.74 Å². The molecule has 0 aromatic rings. The molecule has 0 aromatic carbocycles. The summed E-state index contributed by atoms with van der Waals surface area (Å²) in [5.74, 6) is -1.01. The molecular formula is C8H15Cl2O5P. The molecule has 96 valence electrons. The SMILES string of the molecule is CCOC(=O)C(Cl)(OCC)P(=O)(Cl)OCC. The minimum atomic E-state index is -3.98. The van der Waals surface area contributed by atoms with E-state index in [1.165, 1.54) is 0 Å². The number of ether oxygens (including phenoxy) is 2. The maximum atomic E-state index is 11.9. The van der Waals surface area contributed by atoms with Gasteiger partial charge in [-0.05, 0) is 32.0 Å². The summed E-state index contributed by atoms with van der Waals surface area (Å²) in [6, 6.07) is 0. The highest BCUT2D eigenvalue weighted by molar-refractivity contribution is 7.88. The summed E-state index contributed by atoms with van der Waals surface area (Å²) in [4.78, 5) is 9.28. The number of hydrogen-bond acceptors (Lipinski definition) is 5. The van der Waals surface area contributed by atoms with Crippen molar-refractivity contribution < 1.29 is 23.4 Å². The van der Waals surface area contributed by atoms with Gasteiger partial charge in [0.2, 0.25) is 0 Å². The van der Waals surface area contributed by atoms with Gasteiger partial charge in [-0.3, -0.25) is 4.57 Å². The quantitative estimate of drug-likeness (QED) is 0.410. The second-order valence-corrected chi connectivity index (χ2v) is 6.59. The summed E-state index contributed by atoms with van der Waals surface area (Å²) in [7, 11) is 0. The topological polar surface area (TPSA) is 61.8 Å².